The Balaban J connectivity index is 2.42. The summed E-state index contributed by atoms with van der Waals surface area (Å²) in [5.74, 6) is 0.784. The number of carbonyl (C=O) groups is 1. The number of rotatable bonds is 3. The number of nitrogens with zero attached hydrogens (tertiary/aromatic N) is 2. The van der Waals surface area contributed by atoms with Gasteiger partial charge in [-0.2, -0.15) is 0 Å². The molecule has 4 heteroatoms. The van der Waals surface area contributed by atoms with Gasteiger partial charge >= 0.3 is 5.97 Å². The topological polar surface area (TPSA) is 53.4 Å². The van der Waals surface area contributed by atoms with Gasteiger partial charge in [0, 0.05) is 18.3 Å². The predicted molar refractivity (Wildman–Crippen MR) is 75.9 cm³/mol. The van der Waals surface area contributed by atoms with Gasteiger partial charge in [-0.1, -0.05) is 20.8 Å². The summed E-state index contributed by atoms with van der Waals surface area (Å²) < 4.78 is 0. The van der Waals surface area contributed by atoms with E-state index in [0.29, 0.717) is 17.5 Å². The Morgan fingerprint density at radius 1 is 1.42 bits per heavy atom. The van der Waals surface area contributed by atoms with Gasteiger partial charge in [0.25, 0.3) is 0 Å². The van der Waals surface area contributed by atoms with Crippen LogP contribution < -0.4 is 4.90 Å². The molecule has 4 nitrogen and oxygen atoms in total. The summed E-state index contributed by atoms with van der Waals surface area (Å²) in [6, 6.07) is 3.80. The maximum Gasteiger partial charge on any atom is 0.335 e. The Morgan fingerprint density at radius 3 is 2.58 bits per heavy atom. The molecule has 1 aliphatic rings. The molecular weight excluding hydrogens is 240 g/mol. The third kappa shape index (κ3) is 2.88. The number of carboxylic acid groups (broad SMARTS) is 1. The van der Waals surface area contributed by atoms with Crippen molar-refractivity contribution in [2.45, 2.75) is 46.1 Å². The molecule has 1 fully saturated rings. The van der Waals surface area contributed by atoms with E-state index in [1.165, 1.54) is 0 Å². The third-order valence-electron chi connectivity index (χ3n) is 3.75. The van der Waals surface area contributed by atoms with E-state index in [0.717, 1.165) is 24.5 Å². The van der Waals surface area contributed by atoms with Crippen LogP contribution in [0.25, 0.3) is 0 Å². The summed E-state index contributed by atoms with van der Waals surface area (Å²) in [5, 5.41) is 9.23. The highest BCUT2D eigenvalue weighted by atomic mass is 16.4. The van der Waals surface area contributed by atoms with E-state index in [2.05, 4.69) is 23.7 Å². The standard InChI is InChI=1S/C15H22N2O2/c1-9(2)13-6-12(15(18)19)7-14(16-13)17-8-10(3)5-11(17)4/h6-7,9-11H,5,8H2,1-4H3,(H,18,19). The van der Waals surface area contributed by atoms with Crippen molar-refractivity contribution in [1.82, 2.24) is 4.98 Å². The van der Waals surface area contributed by atoms with Crippen molar-refractivity contribution in [1.29, 1.82) is 0 Å². The highest BCUT2D eigenvalue weighted by Crippen LogP contribution is 2.29. The molecule has 0 aromatic carbocycles. The summed E-state index contributed by atoms with van der Waals surface area (Å²) in [7, 11) is 0. The van der Waals surface area contributed by atoms with Crippen LogP contribution in [-0.4, -0.2) is 28.6 Å². The monoisotopic (exact) mass is 262 g/mol. The van der Waals surface area contributed by atoms with Crippen molar-refractivity contribution in [2.75, 3.05) is 11.4 Å². The van der Waals surface area contributed by atoms with Crippen LogP contribution in [0.1, 0.15) is 56.1 Å². The van der Waals surface area contributed by atoms with Crippen molar-refractivity contribution < 1.29 is 9.90 Å². The molecule has 104 valence electrons. The molecule has 1 N–H and O–H groups in total. The van der Waals surface area contributed by atoms with Gasteiger partial charge in [0.2, 0.25) is 0 Å². The first-order valence-corrected chi connectivity index (χ1v) is 6.90. The summed E-state index contributed by atoms with van der Waals surface area (Å²) in [6.45, 7) is 9.42. The first-order chi connectivity index (χ1) is 8.88. The van der Waals surface area contributed by atoms with Crippen LogP contribution >= 0.6 is 0 Å². The van der Waals surface area contributed by atoms with E-state index in [4.69, 9.17) is 0 Å². The molecule has 2 unspecified atom stereocenters. The van der Waals surface area contributed by atoms with Crippen molar-refractivity contribution >= 4 is 11.8 Å². The average molecular weight is 262 g/mol. The largest absolute Gasteiger partial charge is 0.478 e. The van der Waals surface area contributed by atoms with Crippen LogP contribution in [0, 0.1) is 5.92 Å². The van der Waals surface area contributed by atoms with E-state index in [9.17, 15) is 9.90 Å². The van der Waals surface area contributed by atoms with E-state index in [1.807, 2.05) is 13.8 Å². The van der Waals surface area contributed by atoms with Crippen molar-refractivity contribution in [3.05, 3.63) is 23.4 Å². The zero-order valence-corrected chi connectivity index (χ0v) is 12.1. The van der Waals surface area contributed by atoms with E-state index in [-0.39, 0.29) is 5.92 Å². The molecule has 0 saturated carbocycles. The van der Waals surface area contributed by atoms with Gasteiger partial charge < -0.3 is 10.0 Å². The lowest BCUT2D eigenvalue weighted by atomic mass is 10.1. The minimum Gasteiger partial charge on any atom is -0.478 e. The van der Waals surface area contributed by atoms with Gasteiger partial charge in [0.15, 0.2) is 0 Å². The molecule has 1 aromatic heterocycles. The fourth-order valence-corrected chi connectivity index (χ4v) is 2.72. The number of carboxylic acids is 1. The molecule has 19 heavy (non-hydrogen) atoms. The zero-order valence-electron chi connectivity index (χ0n) is 12.1. The first-order valence-electron chi connectivity index (χ1n) is 6.90. The number of pyridine rings is 1. The van der Waals surface area contributed by atoms with Crippen molar-refractivity contribution in [3.8, 4) is 0 Å². The Morgan fingerprint density at radius 2 is 2.11 bits per heavy atom. The second kappa shape index (κ2) is 5.19. The summed E-state index contributed by atoms with van der Waals surface area (Å²) in [5.41, 5.74) is 1.18. The summed E-state index contributed by atoms with van der Waals surface area (Å²) >= 11 is 0. The Kier molecular flexibility index (Phi) is 3.78. The molecule has 0 radical (unpaired) electrons. The molecule has 0 aliphatic carbocycles. The van der Waals surface area contributed by atoms with Gasteiger partial charge in [-0.05, 0) is 37.3 Å². The number of aromatic nitrogens is 1. The van der Waals surface area contributed by atoms with Gasteiger partial charge in [0.05, 0.1) is 5.56 Å². The van der Waals surface area contributed by atoms with Crippen molar-refractivity contribution in [2.24, 2.45) is 5.92 Å². The molecule has 2 atom stereocenters. The van der Waals surface area contributed by atoms with E-state index in [1.54, 1.807) is 12.1 Å². The number of anilines is 1. The Labute approximate surface area is 114 Å². The quantitative estimate of drug-likeness (QED) is 0.909. The lowest BCUT2D eigenvalue weighted by Crippen LogP contribution is -2.28. The first kappa shape index (κ1) is 13.8. The number of aromatic carboxylic acids is 1. The van der Waals surface area contributed by atoms with Gasteiger partial charge in [-0.25, -0.2) is 9.78 Å². The van der Waals surface area contributed by atoms with Crippen LogP contribution in [0.4, 0.5) is 5.82 Å². The van der Waals surface area contributed by atoms with Crippen LogP contribution in [-0.2, 0) is 0 Å². The van der Waals surface area contributed by atoms with E-state index >= 15 is 0 Å². The van der Waals surface area contributed by atoms with Gasteiger partial charge in [-0.15, -0.1) is 0 Å². The fourth-order valence-electron chi connectivity index (χ4n) is 2.72. The molecule has 0 bridgehead atoms. The Hall–Kier alpha value is -1.58. The third-order valence-corrected chi connectivity index (χ3v) is 3.75. The second-order valence-corrected chi connectivity index (χ2v) is 5.94. The normalized spacial score (nSPS) is 23.1. The second-order valence-electron chi connectivity index (χ2n) is 5.94. The maximum atomic E-state index is 11.2. The fraction of sp³-hybridized carbons (Fsp3) is 0.600. The van der Waals surface area contributed by atoms with Gasteiger partial charge in [-0.3, -0.25) is 0 Å². The van der Waals surface area contributed by atoms with Crippen molar-refractivity contribution in [3.63, 3.8) is 0 Å². The Bertz CT molecular complexity index is 485. The lowest BCUT2D eigenvalue weighted by molar-refractivity contribution is 0.0696. The predicted octanol–water partition coefficient (Wildman–Crippen LogP) is 3.14. The molecule has 1 aromatic rings. The molecule has 1 saturated heterocycles. The molecule has 2 heterocycles. The lowest BCUT2D eigenvalue weighted by Gasteiger charge is -2.24. The molecule has 0 amide bonds. The van der Waals surface area contributed by atoms with Crippen LogP contribution in [0.5, 0.6) is 0 Å². The van der Waals surface area contributed by atoms with Crippen LogP contribution in [0.15, 0.2) is 12.1 Å². The van der Waals surface area contributed by atoms with E-state index < -0.39 is 5.97 Å². The summed E-state index contributed by atoms with van der Waals surface area (Å²) in [4.78, 5) is 18.1. The molecular formula is C15H22N2O2. The number of hydrogen-bond acceptors (Lipinski definition) is 3. The highest BCUT2D eigenvalue weighted by molar-refractivity contribution is 5.88. The van der Waals surface area contributed by atoms with Crippen LogP contribution in [0.2, 0.25) is 0 Å². The summed E-state index contributed by atoms with van der Waals surface area (Å²) in [6.07, 6.45) is 1.13. The molecule has 0 spiro atoms. The molecule has 2 rings (SSSR count). The number of hydrogen-bond donors (Lipinski definition) is 1. The average Bonchev–Trinajstić information content (AvgIpc) is 2.67. The minimum absolute atomic E-state index is 0.230. The smallest absolute Gasteiger partial charge is 0.335 e. The van der Waals surface area contributed by atoms with Crippen LogP contribution in [0.3, 0.4) is 0 Å². The zero-order chi connectivity index (χ0) is 14.2. The van der Waals surface area contributed by atoms with Gasteiger partial charge in [0.1, 0.15) is 5.82 Å². The maximum absolute atomic E-state index is 11.2. The molecule has 1 aliphatic heterocycles. The SMILES string of the molecule is CC1CC(C)N(c2cc(C(=O)O)cc(C(C)C)n2)C1. The minimum atomic E-state index is -0.884. The highest BCUT2D eigenvalue weighted by Gasteiger charge is 2.28.